The second-order valence-electron chi connectivity index (χ2n) is 8.41. The SMILES string of the molecule is CCSN1CC(CC#N)(n2cc(-c3nc(Nc4ccc(S(C)(=O)=O)cc4)nc4sccc34)cn2)C1. The number of anilines is 2. The third-order valence-electron chi connectivity index (χ3n) is 5.87. The summed E-state index contributed by atoms with van der Waals surface area (Å²) in [5.41, 5.74) is 1.96. The first-order chi connectivity index (χ1) is 16.8. The van der Waals surface area contributed by atoms with Crippen LogP contribution in [0, 0.1) is 11.3 Å². The van der Waals surface area contributed by atoms with Crippen LogP contribution in [0.15, 0.2) is 53.0 Å². The number of sulfone groups is 1. The van der Waals surface area contributed by atoms with Crippen molar-refractivity contribution in [3.8, 4) is 17.3 Å². The number of nitriles is 1. The third-order valence-corrected chi connectivity index (χ3v) is 8.68. The summed E-state index contributed by atoms with van der Waals surface area (Å²) >= 11 is 3.29. The highest BCUT2D eigenvalue weighted by Crippen LogP contribution is 2.38. The van der Waals surface area contributed by atoms with Gasteiger partial charge in [0.05, 0.1) is 29.3 Å². The van der Waals surface area contributed by atoms with Crippen LogP contribution in [0.5, 0.6) is 0 Å². The maximum absolute atomic E-state index is 11.7. The molecule has 12 heteroatoms. The molecule has 1 saturated heterocycles. The van der Waals surface area contributed by atoms with Crippen LogP contribution in [0.1, 0.15) is 13.3 Å². The van der Waals surface area contributed by atoms with Crippen LogP contribution in [0.4, 0.5) is 11.6 Å². The Bertz CT molecular complexity index is 1510. The number of benzene rings is 1. The van der Waals surface area contributed by atoms with Gasteiger partial charge in [0.25, 0.3) is 0 Å². The van der Waals surface area contributed by atoms with Gasteiger partial charge >= 0.3 is 0 Å². The summed E-state index contributed by atoms with van der Waals surface area (Å²) in [4.78, 5) is 10.5. The predicted molar refractivity (Wildman–Crippen MR) is 139 cm³/mol. The van der Waals surface area contributed by atoms with Crippen LogP contribution in [-0.2, 0) is 15.4 Å². The van der Waals surface area contributed by atoms with E-state index >= 15 is 0 Å². The zero-order chi connectivity index (χ0) is 24.6. The Morgan fingerprint density at radius 2 is 2.00 bits per heavy atom. The van der Waals surface area contributed by atoms with E-state index in [1.54, 1.807) is 42.4 Å². The molecule has 0 unspecified atom stereocenters. The Kier molecular flexibility index (Phi) is 6.27. The van der Waals surface area contributed by atoms with Gasteiger partial charge in [0, 0.05) is 47.9 Å². The van der Waals surface area contributed by atoms with E-state index in [0.29, 0.717) is 18.1 Å². The number of hydrogen-bond donors (Lipinski definition) is 1. The Balaban J connectivity index is 1.46. The number of hydrogen-bond acceptors (Lipinski definition) is 10. The second-order valence-corrected chi connectivity index (χ2v) is 12.7. The van der Waals surface area contributed by atoms with E-state index in [2.05, 4.69) is 32.7 Å². The monoisotopic (exact) mass is 525 g/mol. The molecule has 1 N–H and O–H groups in total. The normalized spacial score (nSPS) is 15.6. The lowest BCUT2D eigenvalue weighted by molar-refractivity contribution is 0.0812. The van der Waals surface area contributed by atoms with Crippen molar-refractivity contribution in [2.24, 2.45) is 0 Å². The molecule has 0 bridgehead atoms. The van der Waals surface area contributed by atoms with Crippen molar-refractivity contribution in [2.75, 3.05) is 30.4 Å². The summed E-state index contributed by atoms with van der Waals surface area (Å²) < 4.78 is 27.6. The zero-order valence-electron chi connectivity index (χ0n) is 19.2. The first-order valence-corrected chi connectivity index (χ1v) is 14.7. The fourth-order valence-electron chi connectivity index (χ4n) is 4.12. The number of fused-ring (bicyclic) bond motifs is 1. The average molecular weight is 526 g/mol. The molecular formula is C23H23N7O2S3. The molecule has 0 atom stereocenters. The van der Waals surface area contributed by atoms with Gasteiger partial charge in [-0.1, -0.05) is 18.9 Å². The summed E-state index contributed by atoms with van der Waals surface area (Å²) in [6, 6.07) is 10.8. The quantitative estimate of drug-likeness (QED) is 0.336. The molecule has 1 aliphatic heterocycles. The number of thiophene rings is 1. The van der Waals surface area contributed by atoms with Crippen molar-refractivity contribution in [1.82, 2.24) is 24.1 Å². The van der Waals surface area contributed by atoms with Gasteiger partial charge in [-0.3, -0.25) is 4.68 Å². The van der Waals surface area contributed by atoms with Gasteiger partial charge in [0.1, 0.15) is 10.4 Å². The first kappa shape index (κ1) is 23.7. The number of nitrogens with zero attached hydrogens (tertiary/aromatic N) is 6. The van der Waals surface area contributed by atoms with Gasteiger partial charge < -0.3 is 5.32 Å². The topological polar surface area (TPSA) is 117 Å². The van der Waals surface area contributed by atoms with Gasteiger partial charge in [-0.05, 0) is 35.7 Å². The van der Waals surface area contributed by atoms with Crippen LogP contribution in [0.25, 0.3) is 21.5 Å². The van der Waals surface area contributed by atoms with Crippen molar-refractivity contribution >= 4 is 55.0 Å². The van der Waals surface area contributed by atoms with Crippen molar-refractivity contribution in [3.63, 3.8) is 0 Å². The van der Waals surface area contributed by atoms with Gasteiger partial charge in [0.15, 0.2) is 9.84 Å². The van der Waals surface area contributed by atoms with E-state index in [0.717, 1.165) is 40.3 Å². The predicted octanol–water partition coefficient (Wildman–Crippen LogP) is 4.29. The van der Waals surface area contributed by atoms with Crippen LogP contribution in [0.2, 0.25) is 0 Å². The maximum Gasteiger partial charge on any atom is 0.229 e. The molecule has 1 fully saturated rings. The average Bonchev–Trinajstić information content (AvgIpc) is 3.47. The molecule has 180 valence electrons. The largest absolute Gasteiger partial charge is 0.324 e. The number of nitrogens with one attached hydrogen (secondary N) is 1. The number of rotatable bonds is 8. The van der Waals surface area contributed by atoms with Crippen LogP contribution in [-0.4, -0.2) is 57.6 Å². The van der Waals surface area contributed by atoms with E-state index < -0.39 is 9.84 Å². The summed E-state index contributed by atoms with van der Waals surface area (Å²) in [6.07, 6.45) is 5.33. The van der Waals surface area contributed by atoms with Crippen molar-refractivity contribution in [1.29, 1.82) is 5.26 Å². The van der Waals surface area contributed by atoms with Gasteiger partial charge in [-0.15, -0.1) is 11.3 Å². The second kappa shape index (κ2) is 9.23. The molecule has 35 heavy (non-hydrogen) atoms. The molecule has 0 spiro atoms. The molecule has 5 rings (SSSR count). The Labute approximate surface area is 211 Å². The molecular weight excluding hydrogens is 503 g/mol. The molecule has 1 aliphatic rings. The lowest BCUT2D eigenvalue weighted by Crippen LogP contribution is -2.60. The fraction of sp³-hybridized carbons (Fsp3) is 0.304. The molecule has 4 aromatic rings. The molecule has 4 heterocycles. The maximum atomic E-state index is 11.7. The van der Waals surface area contributed by atoms with Crippen LogP contribution < -0.4 is 5.32 Å². The highest BCUT2D eigenvalue weighted by Gasteiger charge is 2.45. The minimum Gasteiger partial charge on any atom is -0.324 e. The minimum absolute atomic E-state index is 0.254. The molecule has 0 saturated carbocycles. The summed E-state index contributed by atoms with van der Waals surface area (Å²) in [5.74, 6) is 1.41. The molecule has 9 nitrogen and oxygen atoms in total. The third kappa shape index (κ3) is 4.64. The fourth-order valence-corrected chi connectivity index (χ4v) is 6.54. The van der Waals surface area contributed by atoms with E-state index in [9.17, 15) is 13.7 Å². The first-order valence-electron chi connectivity index (χ1n) is 10.9. The lowest BCUT2D eigenvalue weighted by Gasteiger charge is -2.48. The van der Waals surface area contributed by atoms with Gasteiger partial charge in [-0.25, -0.2) is 22.7 Å². The summed E-state index contributed by atoms with van der Waals surface area (Å²) in [6.45, 7) is 3.66. The molecule has 0 amide bonds. The van der Waals surface area contributed by atoms with E-state index in [1.165, 1.54) is 17.6 Å². The summed E-state index contributed by atoms with van der Waals surface area (Å²) in [7, 11) is -3.27. The van der Waals surface area contributed by atoms with Crippen molar-refractivity contribution in [3.05, 3.63) is 48.1 Å². The minimum atomic E-state index is -3.27. The Morgan fingerprint density at radius 1 is 1.23 bits per heavy atom. The Hall–Kier alpha value is -2.98. The number of aromatic nitrogens is 4. The Morgan fingerprint density at radius 3 is 2.69 bits per heavy atom. The van der Waals surface area contributed by atoms with E-state index in [1.807, 2.05) is 22.3 Å². The van der Waals surface area contributed by atoms with E-state index in [4.69, 9.17) is 4.98 Å². The zero-order valence-corrected chi connectivity index (χ0v) is 21.6. The van der Waals surface area contributed by atoms with Crippen LogP contribution >= 0.6 is 23.3 Å². The molecule has 1 aromatic carbocycles. The summed E-state index contributed by atoms with van der Waals surface area (Å²) in [5, 5.41) is 20.2. The highest BCUT2D eigenvalue weighted by atomic mass is 32.2. The standard InChI is InChI=1S/C23H23N7O2S3/c1-3-34-29-14-23(15-29,9-10-24)30-13-16(12-25-30)20-19-8-11-33-21(19)28-22(27-20)26-17-4-6-18(7-5-17)35(2,31)32/h4-8,11-13H,3,9,14-15H2,1-2H3,(H,26,27,28). The molecule has 0 aliphatic carbocycles. The van der Waals surface area contributed by atoms with Gasteiger partial charge in [-0.2, -0.15) is 10.4 Å². The van der Waals surface area contributed by atoms with Crippen molar-refractivity contribution in [2.45, 2.75) is 23.8 Å². The van der Waals surface area contributed by atoms with Gasteiger partial charge in [0.2, 0.25) is 5.95 Å². The molecule has 0 radical (unpaired) electrons. The highest BCUT2D eigenvalue weighted by molar-refractivity contribution is 7.97. The lowest BCUT2D eigenvalue weighted by atomic mass is 9.89. The van der Waals surface area contributed by atoms with Crippen molar-refractivity contribution < 1.29 is 8.42 Å². The molecule has 3 aromatic heterocycles. The van der Waals surface area contributed by atoms with Crippen LogP contribution in [0.3, 0.4) is 0 Å². The van der Waals surface area contributed by atoms with E-state index in [-0.39, 0.29) is 10.4 Å². The smallest absolute Gasteiger partial charge is 0.229 e.